The van der Waals surface area contributed by atoms with Gasteiger partial charge in [0, 0.05) is 11.2 Å². The molecule has 0 radical (unpaired) electrons. The van der Waals surface area contributed by atoms with E-state index >= 15 is 0 Å². The lowest BCUT2D eigenvalue weighted by Gasteiger charge is -2.42. The number of hydrogen-bond acceptors (Lipinski definition) is 3. The van der Waals surface area contributed by atoms with E-state index in [2.05, 4.69) is 12.2 Å². The third-order valence-corrected chi connectivity index (χ3v) is 6.47. The molecule has 3 rings (SSSR count). The molecular weight excluding hydrogens is 244 g/mol. The van der Waals surface area contributed by atoms with E-state index in [1.165, 1.54) is 32.1 Å². The topological polar surface area (TPSA) is 26.3 Å². The Morgan fingerprint density at radius 2 is 2.00 bits per heavy atom. The summed E-state index contributed by atoms with van der Waals surface area (Å²) in [5, 5.41) is 0.672. The van der Waals surface area contributed by atoms with Crippen LogP contribution in [0.5, 0.6) is 0 Å². The molecule has 3 heteroatoms. The highest BCUT2D eigenvalue weighted by Crippen LogP contribution is 2.51. The average molecular weight is 266 g/mol. The Bertz CT molecular complexity index is 373. The molecule has 0 aromatic heterocycles. The highest BCUT2D eigenvalue weighted by Gasteiger charge is 2.53. The van der Waals surface area contributed by atoms with Crippen LogP contribution < -0.4 is 0 Å². The van der Waals surface area contributed by atoms with E-state index in [-0.39, 0.29) is 22.9 Å². The minimum atomic E-state index is -0.351. The molecule has 100 valence electrons. The Kier molecular flexibility index (Phi) is 3.31. The summed E-state index contributed by atoms with van der Waals surface area (Å²) in [5.41, 5.74) is 0. The number of ether oxygens (including phenoxy) is 1. The van der Waals surface area contributed by atoms with Crippen molar-refractivity contribution in [3.8, 4) is 0 Å². The molecule has 2 nitrogen and oxygen atoms in total. The molecule has 0 spiro atoms. The molecule has 3 aliphatic rings. The van der Waals surface area contributed by atoms with Gasteiger partial charge in [0.1, 0.15) is 10.7 Å². The number of rotatable bonds is 2. The van der Waals surface area contributed by atoms with E-state index in [0.717, 1.165) is 0 Å². The molecule has 2 fully saturated rings. The van der Waals surface area contributed by atoms with Gasteiger partial charge in [-0.3, -0.25) is 4.79 Å². The molecule has 4 atom stereocenters. The second-order valence-electron chi connectivity index (χ2n) is 5.95. The fourth-order valence-corrected chi connectivity index (χ4v) is 5.14. The van der Waals surface area contributed by atoms with Gasteiger partial charge in [-0.05, 0) is 18.9 Å². The van der Waals surface area contributed by atoms with Crippen LogP contribution in [-0.4, -0.2) is 22.1 Å². The fraction of sp³-hybridized carbons (Fsp3) is 0.800. The van der Waals surface area contributed by atoms with Crippen LogP contribution in [0.15, 0.2) is 12.2 Å². The molecule has 0 amide bonds. The number of Topliss-reactive ketones (excluding diaryl/α,β-unsaturated/α-hetero) is 1. The molecule has 1 saturated heterocycles. The standard InChI is InChI=1S/C15H22O2S/c1-10-13-8-9-15(17-13,11(2)14(10)16)18-12-6-4-3-5-7-12/h8-13H,3-7H2,1-2H3/t10-,11-,13+,15+/m1/s1. The van der Waals surface area contributed by atoms with Gasteiger partial charge in [-0.1, -0.05) is 39.2 Å². The molecule has 1 saturated carbocycles. The lowest BCUT2D eigenvalue weighted by Crippen LogP contribution is -2.49. The first-order valence-corrected chi connectivity index (χ1v) is 8.09. The molecule has 0 unspecified atom stereocenters. The van der Waals surface area contributed by atoms with Crippen LogP contribution in [0.3, 0.4) is 0 Å². The van der Waals surface area contributed by atoms with Crippen molar-refractivity contribution in [2.45, 2.75) is 62.2 Å². The number of carbonyl (C=O) groups is 1. The largest absolute Gasteiger partial charge is 0.352 e. The lowest BCUT2D eigenvalue weighted by atomic mass is 9.87. The molecule has 1 aliphatic carbocycles. The Balaban J connectivity index is 1.77. The zero-order valence-corrected chi connectivity index (χ0v) is 12.0. The number of carbonyl (C=O) groups excluding carboxylic acids is 1. The Morgan fingerprint density at radius 3 is 2.72 bits per heavy atom. The van der Waals surface area contributed by atoms with Gasteiger partial charge in [0.05, 0.1) is 12.0 Å². The maximum absolute atomic E-state index is 12.3. The van der Waals surface area contributed by atoms with E-state index in [1.54, 1.807) is 0 Å². The van der Waals surface area contributed by atoms with Crippen LogP contribution in [0.4, 0.5) is 0 Å². The van der Waals surface area contributed by atoms with Crippen molar-refractivity contribution in [1.29, 1.82) is 0 Å². The molecule has 0 aromatic rings. The predicted molar refractivity (Wildman–Crippen MR) is 74.5 cm³/mol. The normalized spacial score (nSPS) is 44.6. The van der Waals surface area contributed by atoms with Crippen LogP contribution in [0.1, 0.15) is 46.0 Å². The van der Waals surface area contributed by atoms with Gasteiger partial charge in [-0.2, -0.15) is 0 Å². The molecule has 2 bridgehead atoms. The van der Waals surface area contributed by atoms with Crippen LogP contribution in [-0.2, 0) is 9.53 Å². The third kappa shape index (κ3) is 1.96. The first-order valence-electron chi connectivity index (χ1n) is 7.21. The summed E-state index contributed by atoms with van der Waals surface area (Å²) >= 11 is 1.91. The van der Waals surface area contributed by atoms with E-state index in [0.29, 0.717) is 11.0 Å². The average Bonchev–Trinajstić information content (AvgIpc) is 2.79. The summed E-state index contributed by atoms with van der Waals surface area (Å²) in [4.78, 5) is 11.9. The summed E-state index contributed by atoms with van der Waals surface area (Å²) in [7, 11) is 0. The fourth-order valence-electron chi connectivity index (χ4n) is 3.40. The monoisotopic (exact) mass is 266 g/mol. The maximum atomic E-state index is 12.3. The Hall–Kier alpha value is -0.280. The number of thioether (sulfide) groups is 1. The maximum Gasteiger partial charge on any atom is 0.145 e. The van der Waals surface area contributed by atoms with E-state index in [9.17, 15) is 4.79 Å². The minimum absolute atomic E-state index is 0.00516. The van der Waals surface area contributed by atoms with E-state index in [4.69, 9.17) is 4.74 Å². The van der Waals surface area contributed by atoms with Gasteiger partial charge in [-0.25, -0.2) is 0 Å². The highest BCUT2D eigenvalue weighted by atomic mass is 32.2. The summed E-state index contributed by atoms with van der Waals surface area (Å²) in [6.07, 6.45) is 10.9. The lowest BCUT2D eigenvalue weighted by molar-refractivity contribution is -0.146. The van der Waals surface area contributed by atoms with Crippen molar-refractivity contribution in [2.75, 3.05) is 0 Å². The highest BCUT2D eigenvalue weighted by molar-refractivity contribution is 8.01. The number of fused-ring (bicyclic) bond motifs is 2. The van der Waals surface area contributed by atoms with Crippen LogP contribution in [0.25, 0.3) is 0 Å². The predicted octanol–water partition coefficient (Wildman–Crippen LogP) is 3.56. The van der Waals surface area contributed by atoms with Crippen LogP contribution >= 0.6 is 11.8 Å². The van der Waals surface area contributed by atoms with Gasteiger partial charge >= 0.3 is 0 Å². The number of ketones is 1. The van der Waals surface area contributed by atoms with Crippen LogP contribution in [0.2, 0.25) is 0 Å². The van der Waals surface area contributed by atoms with Gasteiger partial charge in [-0.15, -0.1) is 11.8 Å². The first kappa shape index (κ1) is 12.7. The zero-order chi connectivity index (χ0) is 12.8. The van der Waals surface area contributed by atoms with Crippen LogP contribution in [0, 0.1) is 11.8 Å². The van der Waals surface area contributed by atoms with E-state index in [1.807, 2.05) is 25.6 Å². The SMILES string of the molecule is C[C@@H]1C(=O)[C@H](C)[C@@H]2C=C[C@@]1(SC1CCCCC1)O2. The van der Waals surface area contributed by atoms with Crippen molar-refractivity contribution in [1.82, 2.24) is 0 Å². The zero-order valence-electron chi connectivity index (χ0n) is 11.2. The summed E-state index contributed by atoms with van der Waals surface area (Å²) in [6, 6.07) is 0. The summed E-state index contributed by atoms with van der Waals surface area (Å²) in [6.45, 7) is 4.04. The van der Waals surface area contributed by atoms with Crippen molar-refractivity contribution >= 4 is 17.5 Å². The minimum Gasteiger partial charge on any atom is -0.352 e. The van der Waals surface area contributed by atoms with Crippen molar-refractivity contribution in [3.63, 3.8) is 0 Å². The van der Waals surface area contributed by atoms with Crippen molar-refractivity contribution in [2.24, 2.45) is 11.8 Å². The molecule has 2 aliphatic heterocycles. The molecule has 0 aromatic carbocycles. The van der Waals surface area contributed by atoms with Gasteiger partial charge in [0.25, 0.3) is 0 Å². The Labute approximate surface area is 114 Å². The summed E-state index contributed by atoms with van der Waals surface area (Å²) < 4.78 is 6.21. The Morgan fingerprint density at radius 1 is 1.28 bits per heavy atom. The third-order valence-electron chi connectivity index (χ3n) is 4.71. The summed E-state index contributed by atoms with van der Waals surface area (Å²) in [5.74, 6) is 0.396. The second kappa shape index (κ2) is 4.68. The van der Waals surface area contributed by atoms with Crippen molar-refractivity contribution < 1.29 is 9.53 Å². The number of hydrogen-bond donors (Lipinski definition) is 0. The van der Waals surface area contributed by atoms with Gasteiger partial charge in [0.2, 0.25) is 0 Å². The molecular formula is C15H22O2S. The smallest absolute Gasteiger partial charge is 0.145 e. The molecule has 18 heavy (non-hydrogen) atoms. The molecule has 2 heterocycles. The van der Waals surface area contributed by atoms with Gasteiger partial charge in [0.15, 0.2) is 0 Å². The van der Waals surface area contributed by atoms with E-state index < -0.39 is 0 Å². The molecule has 0 N–H and O–H groups in total. The van der Waals surface area contributed by atoms with Gasteiger partial charge < -0.3 is 4.74 Å². The first-order chi connectivity index (χ1) is 8.62. The quantitative estimate of drug-likeness (QED) is 0.715. The second-order valence-corrected chi connectivity index (χ2v) is 7.49. The van der Waals surface area contributed by atoms with Crippen molar-refractivity contribution in [3.05, 3.63) is 12.2 Å².